The normalized spacial score (nSPS) is 10.2. The molecule has 0 aliphatic rings. The van der Waals surface area contributed by atoms with Crippen molar-refractivity contribution >= 4 is 15.8 Å². The Morgan fingerprint density at radius 3 is 2.59 bits per heavy atom. The minimum Gasteiger partial charge on any atom is -0.456 e. The summed E-state index contributed by atoms with van der Waals surface area (Å²) >= 11 is 0. The third-order valence-electron chi connectivity index (χ3n) is 1.86. The largest absolute Gasteiger partial charge is 0.456 e. The van der Waals surface area contributed by atoms with Crippen molar-refractivity contribution in [2.24, 2.45) is 0 Å². The minimum absolute atomic E-state index is 0.108. The summed E-state index contributed by atoms with van der Waals surface area (Å²) in [5, 5.41) is 0. The topological polar surface area (TPSA) is 60.4 Å². The Hall–Kier alpha value is -1.80. The number of ether oxygens (including phenoxy) is 1. The number of rotatable bonds is 2. The molecule has 0 unspecified atom stereocenters. The molecule has 0 aliphatic carbocycles. The first kappa shape index (κ1) is 13.3. The van der Waals surface area contributed by atoms with Crippen molar-refractivity contribution in [3.63, 3.8) is 0 Å². The Labute approximate surface area is 101 Å². The zero-order valence-corrected chi connectivity index (χ0v) is 10.4. The van der Waals surface area contributed by atoms with Crippen molar-refractivity contribution in [2.75, 3.05) is 12.9 Å². The molecule has 0 aromatic heterocycles. The summed E-state index contributed by atoms with van der Waals surface area (Å²) in [5.41, 5.74) is 0.294. The van der Waals surface area contributed by atoms with Gasteiger partial charge in [0.1, 0.15) is 0 Å². The number of sulfone groups is 1. The number of esters is 1. The number of carbonyl (C=O) groups is 1. The fraction of sp³-hybridized carbons (Fsp3) is 0.250. The van der Waals surface area contributed by atoms with Crippen LogP contribution in [0.4, 0.5) is 0 Å². The van der Waals surface area contributed by atoms with Crippen molar-refractivity contribution in [2.45, 2.75) is 11.8 Å². The van der Waals surface area contributed by atoms with E-state index >= 15 is 0 Å². The van der Waals surface area contributed by atoms with E-state index in [-0.39, 0.29) is 11.5 Å². The predicted octanol–water partition coefficient (Wildman–Crippen LogP) is 1.00. The van der Waals surface area contributed by atoms with Gasteiger partial charge in [0.15, 0.2) is 9.84 Å². The average Bonchev–Trinajstić information content (AvgIpc) is 2.26. The first-order valence-electron chi connectivity index (χ1n) is 4.93. The first-order chi connectivity index (χ1) is 7.95. The van der Waals surface area contributed by atoms with Gasteiger partial charge in [0.25, 0.3) is 0 Å². The SMILES string of the molecule is CCOC(=O)C#Cc1ccccc1S(C)(=O)=O. The van der Waals surface area contributed by atoms with Gasteiger partial charge >= 0.3 is 5.97 Å². The van der Waals surface area contributed by atoms with E-state index in [0.717, 1.165) is 6.26 Å². The van der Waals surface area contributed by atoms with E-state index in [1.165, 1.54) is 6.07 Å². The van der Waals surface area contributed by atoms with Crippen LogP contribution in [-0.2, 0) is 19.4 Å². The van der Waals surface area contributed by atoms with Gasteiger partial charge in [-0.1, -0.05) is 18.1 Å². The first-order valence-corrected chi connectivity index (χ1v) is 6.82. The van der Waals surface area contributed by atoms with Crippen LogP contribution in [-0.4, -0.2) is 27.2 Å². The zero-order chi connectivity index (χ0) is 12.9. The molecular formula is C12H12O4S. The second kappa shape index (κ2) is 5.51. The molecular weight excluding hydrogens is 240 g/mol. The van der Waals surface area contributed by atoms with Crippen LogP contribution in [0.2, 0.25) is 0 Å². The highest BCUT2D eigenvalue weighted by Crippen LogP contribution is 2.13. The zero-order valence-electron chi connectivity index (χ0n) is 9.56. The molecule has 0 heterocycles. The Kier molecular flexibility index (Phi) is 4.30. The molecule has 1 aromatic carbocycles. The second-order valence-electron chi connectivity index (χ2n) is 3.24. The standard InChI is InChI=1S/C12H12O4S/c1-3-16-12(13)9-8-10-6-4-5-7-11(10)17(2,14)15/h4-7H,3H2,1-2H3. The highest BCUT2D eigenvalue weighted by molar-refractivity contribution is 7.90. The van der Waals surface area contributed by atoms with Crippen molar-refractivity contribution < 1.29 is 17.9 Å². The number of hydrogen-bond acceptors (Lipinski definition) is 4. The summed E-state index contributed by atoms with van der Waals surface area (Å²) in [7, 11) is -3.35. The van der Waals surface area contributed by atoms with Crippen LogP contribution in [0.5, 0.6) is 0 Å². The van der Waals surface area contributed by atoms with E-state index in [1.807, 2.05) is 0 Å². The van der Waals surface area contributed by atoms with Gasteiger partial charge in [-0.2, -0.15) is 0 Å². The van der Waals surface area contributed by atoms with Gasteiger partial charge < -0.3 is 4.74 Å². The van der Waals surface area contributed by atoms with E-state index in [1.54, 1.807) is 25.1 Å². The molecule has 0 saturated heterocycles. The van der Waals surface area contributed by atoms with Crippen molar-refractivity contribution in [1.82, 2.24) is 0 Å². The highest BCUT2D eigenvalue weighted by Gasteiger charge is 2.10. The van der Waals surface area contributed by atoms with Gasteiger partial charge in [0, 0.05) is 17.7 Å². The molecule has 0 saturated carbocycles. The fourth-order valence-corrected chi connectivity index (χ4v) is 2.02. The molecule has 0 atom stereocenters. The molecule has 0 fully saturated rings. The van der Waals surface area contributed by atoms with Crippen LogP contribution in [0.15, 0.2) is 29.2 Å². The Balaban J connectivity index is 3.12. The predicted molar refractivity (Wildman–Crippen MR) is 63.1 cm³/mol. The van der Waals surface area contributed by atoms with Crippen molar-refractivity contribution in [3.8, 4) is 11.8 Å². The lowest BCUT2D eigenvalue weighted by molar-refractivity contribution is -0.136. The minimum atomic E-state index is -3.35. The van der Waals surface area contributed by atoms with E-state index < -0.39 is 15.8 Å². The van der Waals surface area contributed by atoms with E-state index in [9.17, 15) is 13.2 Å². The molecule has 0 amide bonds. The average molecular weight is 252 g/mol. The molecule has 1 rings (SSSR count). The van der Waals surface area contributed by atoms with Crippen molar-refractivity contribution in [3.05, 3.63) is 29.8 Å². The molecule has 17 heavy (non-hydrogen) atoms. The molecule has 0 aliphatic heterocycles. The van der Waals surface area contributed by atoms with Crippen LogP contribution in [0, 0.1) is 11.8 Å². The van der Waals surface area contributed by atoms with Crippen LogP contribution in [0.1, 0.15) is 12.5 Å². The molecule has 0 radical (unpaired) electrons. The van der Waals surface area contributed by atoms with E-state index in [4.69, 9.17) is 0 Å². The van der Waals surface area contributed by atoms with Gasteiger partial charge in [-0.3, -0.25) is 0 Å². The third-order valence-corrected chi connectivity index (χ3v) is 3.02. The van der Waals surface area contributed by atoms with Gasteiger partial charge in [-0.15, -0.1) is 0 Å². The lowest BCUT2D eigenvalue weighted by Crippen LogP contribution is -2.02. The fourth-order valence-electron chi connectivity index (χ4n) is 1.18. The maximum atomic E-state index is 11.4. The van der Waals surface area contributed by atoms with Crippen molar-refractivity contribution in [1.29, 1.82) is 0 Å². The summed E-state index contributed by atoms with van der Waals surface area (Å²) < 4.78 is 27.5. The molecule has 0 spiro atoms. The molecule has 4 nitrogen and oxygen atoms in total. The van der Waals surface area contributed by atoms with Crippen LogP contribution < -0.4 is 0 Å². The van der Waals surface area contributed by atoms with Gasteiger partial charge in [0.2, 0.25) is 0 Å². The maximum Gasteiger partial charge on any atom is 0.384 e. The summed E-state index contributed by atoms with van der Waals surface area (Å²) in [6.07, 6.45) is 1.10. The Morgan fingerprint density at radius 2 is 2.00 bits per heavy atom. The van der Waals surface area contributed by atoms with E-state index in [2.05, 4.69) is 16.6 Å². The van der Waals surface area contributed by atoms with Crippen LogP contribution >= 0.6 is 0 Å². The lowest BCUT2D eigenvalue weighted by atomic mass is 10.2. The number of hydrogen-bond donors (Lipinski definition) is 0. The Morgan fingerprint density at radius 1 is 1.35 bits per heavy atom. The second-order valence-corrected chi connectivity index (χ2v) is 5.22. The summed E-state index contributed by atoms with van der Waals surface area (Å²) in [6.45, 7) is 1.91. The van der Waals surface area contributed by atoms with Crippen LogP contribution in [0.3, 0.4) is 0 Å². The lowest BCUT2D eigenvalue weighted by Gasteiger charge is -2.00. The van der Waals surface area contributed by atoms with Crippen LogP contribution in [0.25, 0.3) is 0 Å². The molecule has 1 aromatic rings. The summed E-state index contributed by atoms with van der Waals surface area (Å²) in [6, 6.07) is 6.25. The smallest absolute Gasteiger partial charge is 0.384 e. The molecule has 90 valence electrons. The maximum absolute atomic E-state index is 11.4. The summed E-state index contributed by atoms with van der Waals surface area (Å²) in [5.74, 6) is 4.07. The highest BCUT2D eigenvalue weighted by atomic mass is 32.2. The summed E-state index contributed by atoms with van der Waals surface area (Å²) in [4.78, 5) is 11.1. The number of benzene rings is 1. The third kappa shape index (κ3) is 3.93. The molecule has 0 bridgehead atoms. The Bertz CT molecular complexity index is 576. The van der Waals surface area contributed by atoms with Gasteiger partial charge in [-0.25, -0.2) is 13.2 Å². The van der Waals surface area contributed by atoms with Gasteiger partial charge in [0.05, 0.1) is 11.5 Å². The monoisotopic (exact) mass is 252 g/mol. The quantitative estimate of drug-likeness (QED) is 0.582. The molecule has 5 heteroatoms. The van der Waals surface area contributed by atoms with Gasteiger partial charge in [-0.05, 0) is 19.1 Å². The number of carbonyl (C=O) groups excluding carboxylic acids is 1. The van der Waals surface area contributed by atoms with E-state index in [0.29, 0.717) is 5.56 Å². The molecule has 0 N–H and O–H groups in total.